The number of benzene rings is 1. The number of nitrogens with one attached hydrogen (secondary N) is 1. The van der Waals surface area contributed by atoms with E-state index in [4.69, 9.17) is 9.94 Å². The topological polar surface area (TPSA) is 70.9 Å². The highest BCUT2D eigenvalue weighted by molar-refractivity contribution is 6.31. The maximum atomic E-state index is 11.0. The summed E-state index contributed by atoms with van der Waals surface area (Å²) in [6.45, 7) is 0. The molecular weight excluding hydrogens is 184 g/mol. The molecule has 74 valence electrons. The maximum absolute atomic E-state index is 11.0. The molecule has 0 aliphatic heterocycles. The minimum atomic E-state index is -0.499. The van der Waals surface area contributed by atoms with Crippen molar-refractivity contribution < 1.29 is 14.7 Å². The monoisotopic (exact) mass is 194 g/mol. The fourth-order valence-corrected chi connectivity index (χ4v) is 0.928. The van der Waals surface area contributed by atoms with E-state index in [1.807, 2.05) is 0 Å². The number of oxime groups is 1. The zero-order valence-corrected chi connectivity index (χ0v) is 7.60. The smallest absolute Gasteiger partial charge is 0.270 e. The summed E-state index contributed by atoms with van der Waals surface area (Å²) < 4.78 is 4.96. The van der Waals surface area contributed by atoms with Gasteiger partial charge >= 0.3 is 0 Å². The van der Waals surface area contributed by atoms with Crippen molar-refractivity contribution in [2.24, 2.45) is 5.16 Å². The van der Waals surface area contributed by atoms with E-state index >= 15 is 0 Å². The summed E-state index contributed by atoms with van der Waals surface area (Å²) in [4.78, 5) is 11.0. The molecule has 0 saturated carbocycles. The number of hydrogen-bond donors (Lipinski definition) is 2. The molecule has 1 rings (SSSR count). The highest BCUT2D eigenvalue weighted by Crippen LogP contribution is 2.16. The van der Waals surface area contributed by atoms with Gasteiger partial charge in [-0.2, -0.15) is 0 Å². The predicted octanol–water partition coefficient (Wildman–Crippen LogP) is 1.09. The van der Waals surface area contributed by atoms with Crippen molar-refractivity contribution in [2.75, 3.05) is 12.4 Å². The molecule has 0 unspecified atom stereocenters. The van der Waals surface area contributed by atoms with Gasteiger partial charge < -0.3 is 15.3 Å². The number of methoxy groups -OCH3 is 1. The predicted molar refractivity (Wildman–Crippen MR) is 51.9 cm³/mol. The van der Waals surface area contributed by atoms with Crippen LogP contribution in [-0.4, -0.2) is 24.4 Å². The lowest BCUT2D eigenvalue weighted by atomic mass is 10.3. The number of anilines is 1. The molecule has 14 heavy (non-hydrogen) atoms. The first kappa shape index (κ1) is 10.0. The maximum Gasteiger partial charge on any atom is 0.270 e. The van der Waals surface area contributed by atoms with Gasteiger partial charge in [-0.15, -0.1) is 0 Å². The summed E-state index contributed by atoms with van der Waals surface area (Å²) in [6.07, 6.45) is 0.777. The summed E-state index contributed by atoms with van der Waals surface area (Å²) in [5.74, 6) is 0.143. The van der Waals surface area contributed by atoms with Crippen molar-refractivity contribution >= 4 is 17.8 Å². The van der Waals surface area contributed by atoms with Crippen LogP contribution in [0.15, 0.2) is 29.4 Å². The molecule has 5 heteroatoms. The van der Waals surface area contributed by atoms with E-state index in [-0.39, 0.29) is 0 Å². The summed E-state index contributed by atoms with van der Waals surface area (Å²) in [6, 6.07) is 6.86. The van der Waals surface area contributed by atoms with Gasteiger partial charge in [-0.1, -0.05) is 11.2 Å². The average molecular weight is 194 g/mol. The van der Waals surface area contributed by atoms with E-state index in [1.165, 1.54) is 7.11 Å². The zero-order valence-electron chi connectivity index (χ0n) is 7.60. The van der Waals surface area contributed by atoms with Gasteiger partial charge in [0.15, 0.2) is 0 Å². The lowest BCUT2D eigenvalue weighted by Crippen LogP contribution is -2.12. The van der Waals surface area contributed by atoms with E-state index in [0.29, 0.717) is 11.4 Å². The van der Waals surface area contributed by atoms with Gasteiger partial charge in [0.05, 0.1) is 7.11 Å². The Morgan fingerprint density at radius 2 is 2.43 bits per heavy atom. The second-order valence-electron chi connectivity index (χ2n) is 2.47. The van der Waals surface area contributed by atoms with Crippen LogP contribution in [0.2, 0.25) is 0 Å². The van der Waals surface area contributed by atoms with Crippen LogP contribution in [0.5, 0.6) is 5.75 Å². The largest absolute Gasteiger partial charge is 0.497 e. The Labute approximate surface area is 81.0 Å². The third kappa shape index (κ3) is 2.78. The minimum absolute atomic E-state index is 0.499. The molecule has 0 heterocycles. The van der Waals surface area contributed by atoms with Crippen LogP contribution in [0.4, 0.5) is 5.69 Å². The third-order valence-electron chi connectivity index (χ3n) is 1.51. The fraction of sp³-hybridized carbons (Fsp3) is 0.111. The molecular formula is C9H10N2O3. The summed E-state index contributed by atoms with van der Waals surface area (Å²) in [5.41, 5.74) is 0.578. The Balaban J connectivity index is 2.71. The van der Waals surface area contributed by atoms with Gasteiger partial charge in [0.2, 0.25) is 0 Å². The van der Waals surface area contributed by atoms with Crippen LogP contribution in [-0.2, 0) is 4.79 Å². The van der Waals surface area contributed by atoms with Crippen molar-refractivity contribution in [3.63, 3.8) is 0 Å². The van der Waals surface area contributed by atoms with Gasteiger partial charge in [-0.05, 0) is 12.1 Å². The summed E-state index contributed by atoms with van der Waals surface area (Å²) in [5, 5.41) is 13.2. The van der Waals surface area contributed by atoms with E-state index in [1.54, 1.807) is 24.3 Å². The average Bonchev–Trinajstić information content (AvgIpc) is 2.18. The summed E-state index contributed by atoms with van der Waals surface area (Å²) >= 11 is 0. The molecule has 0 bridgehead atoms. The van der Waals surface area contributed by atoms with Crippen molar-refractivity contribution in [2.45, 2.75) is 0 Å². The van der Waals surface area contributed by atoms with Crippen molar-refractivity contribution in [3.05, 3.63) is 24.3 Å². The number of nitrogens with zero attached hydrogens (tertiary/aromatic N) is 1. The third-order valence-corrected chi connectivity index (χ3v) is 1.51. The SMILES string of the molecule is COc1cccc(NC(=O)/C=N\O)c1. The van der Waals surface area contributed by atoms with Gasteiger partial charge in [0, 0.05) is 11.8 Å². The molecule has 0 radical (unpaired) electrons. The first-order valence-electron chi connectivity index (χ1n) is 3.88. The number of ether oxygens (including phenoxy) is 1. The van der Waals surface area contributed by atoms with Crippen LogP contribution < -0.4 is 10.1 Å². The normalized spacial score (nSPS) is 10.1. The minimum Gasteiger partial charge on any atom is -0.497 e. The van der Waals surface area contributed by atoms with Gasteiger partial charge in [-0.25, -0.2) is 0 Å². The quantitative estimate of drug-likeness (QED) is 0.430. The lowest BCUT2D eigenvalue weighted by Gasteiger charge is -2.03. The van der Waals surface area contributed by atoms with Gasteiger partial charge in [0.1, 0.15) is 12.0 Å². The number of rotatable bonds is 3. The standard InChI is InChI=1S/C9H10N2O3/c1-14-8-4-2-3-7(5-8)11-9(12)6-10-13/h2-6,13H,1H3,(H,11,12)/b10-6-. The molecule has 0 atom stereocenters. The van der Waals surface area contributed by atoms with Crippen LogP contribution in [0, 0.1) is 0 Å². The molecule has 0 aromatic heterocycles. The second-order valence-corrected chi connectivity index (χ2v) is 2.47. The van der Waals surface area contributed by atoms with E-state index in [9.17, 15) is 4.79 Å². The van der Waals surface area contributed by atoms with Crippen molar-refractivity contribution in [1.29, 1.82) is 0 Å². The lowest BCUT2D eigenvalue weighted by molar-refractivity contribution is -0.110. The van der Waals surface area contributed by atoms with E-state index in [0.717, 1.165) is 6.21 Å². The van der Waals surface area contributed by atoms with Crippen molar-refractivity contribution in [1.82, 2.24) is 0 Å². The molecule has 2 N–H and O–H groups in total. The van der Waals surface area contributed by atoms with Crippen LogP contribution >= 0.6 is 0 Å². The van der Waals surface area contributed by atoms with Crippen LogP contribution in [0.1, 0.15) is 0 Å². The highest BCUT2D eigenvalue weighted by atomic mass is 16.5. The zero-order chi connectivity index (χ0) is 10.4. The first-order valence-corrected chi connectivity index (χ1v) is 3.88. The first-order chi connectivity index (χ1) is 6.76. The Bertz CT molecular complexity index is 350. The Morgan fingerprint density at radius 3 is 3.07 bits per heavy atom. The van der Waals surface area contributed by atoms with Gasteiger partial charge in [-0.3, -0.25) is 4.79 Å². The molecule has 0 aliphatic rings. The molecule has 5 nitrogen and oxygen atoms in total. The van der Waals surface area contributed by atoms with Crippen LogP contribution in [0.3, 0.4) is 0 Å². The highest BCUT2D eigenvalue weighted by Gasteiger charge is 1.99. The molecule has 0 saturated heterocycles. The second kappa shape index (κ2) is 4.86. The van der Waals surface area contributed by atoms with Gasteiger partial charge in [0.25, 0.3) is 5.91 Å². The fourth-order valence-electron chi connectivity index (χ4n) is 0.928. The molecule has 0 spiro atoms. The Morgan fingerprint density at radius 1 is 1.64 bits per heavy atom. The number of hydrogen-bond acceptors (Lipinski definition) is 4. The summed E-state index contributed by atoms with van der Waals surface area (Å²) in [7, 11) is 1.54. The molecule has 1 aromatic rings. The molecule has 1 aromatic carbocycles. The molecule has 0 aliphatic carbocycles. The van der Waals surface area contributed by atoms with Crippen LogP contribution in [0.25, 0.3) is 0 Å². The number of amides is 1. The molecule has 0 fully saturated rings. The Kier molecular flexibility index (Phi) is 3.49. The van der Waals surface area contributed by atoms with E-state index in [2.05, 4.69) is 10.5 Å². The number of carbonyl (C=O) groups excluding carboxylic acids is 1. The van der Waals surface area contributed by atoms with E-state index < -0.39 is 5.91 Å². The molecule has 1 amide bonds. The van der Waals surface area contributed by atoms with Crippen molar-refractivity contribution in [3.8, 4) is 5.75 Å². The Hall–Kier alpha value is -2.04. The number of carbonyl (C=O) groups is 1.